The predicted octanol–water partition coefficient (Wildman–Crippen LogP) is 4.01. The average molecular weight is 362 g/mol. The molecule has 0 saturated heterocycles. The summed E-state index contributed by atoms with van der Waals surface area (Å²) in [7, 11) is 4.16. The first-order valence-electron chi connectivity index (χ1n) is 10.5. The van der Waals surface area contributed by atoms with Gasteiger partial charge in [0.2, 0.25) is 0 Å². The number of hydrogen-bond acceptors (Lipinski definition) is 3. The lowest BCUT2D eigenvalue weighted by atomic mass is 9.52. The minimum Gasteiger partial charge on any atom is -0.393 e. The minimum absolute atomic E-state index is 0.0761. The third kappa shape index (κ3) is 3.43. The lowest BCUT2D eigenvalue weighted by Gasteiger charge is -2.54. The van der Waals surface area contributed by atoms with Crippen molar-refractivity contribution < 1.29 is 10.2 Å². The van der Waals surface area contributed by atoms with Gasteiger partial charge in [-0.25, -0.2) is 0 Å². The molecule has 0 aliphatic heterocycles. The molecule has 0 aromatic carbocycles. The number of rotatable bonds is 4. The highest BCUT2D eigenvalue weighted by atomic mass is 16.3. The molecule has 0 aromatic heterocycles. The van der Waals surface area contributed by atoms with Crippen molar-refractivity contribution in [3.63, 3.8) is 0 Å². The summed E-state index contributed by atoms with van der Waals surface area (Å²) in [5.41, 5.74) is 1.57. The predicted molar refractivity (Wildman–Crippen MR) is 108 cm³/mol. The Labute approximate surface area is 160 Å². The summed E-state index contributed by atoms with van der Waals surface area (Å²) in [5, 5.41) is 21.7. The largest absolute Gasteiger partial charge is 0.393 e. The van der Waals surface area contributed by atoms with Crippen LogP contribution in [0.15, 0.2) is 24.3 Å². The number of hydrogen-bond donors (Lipinski definition) is 2. The fourth-order valence-corrected chi connectivity index (χ4v) is 6.27. The summed E-state index contributed by atoms with van der Waals surface area (Å²) >= 11 is 0. The molecule has 0 aromatic rings. The van der Waals surface area contributed by atoms with Crippen LogP contribution >= 0.6 is 0 Å². The van der Waals surface area contributed by atoms with Crippen molar-refractivity contribution in [2.45, 2.75) is 71.0 Å². The highest BCUT2D eigenvalue weighted by molar-refractivity contribution is 5.21. The Kier molecular flexibility index (Phi) is 5.73. The summed E-state index contributed by atoms with van der Waals surface area (Å²) in [6.45, 7) is 9.95. The van der Waals surface area contributed by atoms with Crippen LogP contribution in [-0.2, 0) is 0 Å². The molecule has 3 fully saturated rings. The van der Waals surface area contributed by atoms with Gasteiger partial charge >= 0.3 is 0 Å². The van der Waals surface area contributed by atoms with Crippen LogP contribution in [0.1, 0.15) is 58.8 Å². The summed E-state index contributed by atoms with van der Waals surface area (Å²) in [5.74, 6) is 1.04. The maximum absolute atomic E-state index is 11.4. The average Bonchev–Trinajstić information content (AvgIpc) is 2.87. The highest BCUT2D eigenvalue weighted by Gasteiger charge is 2.56. The van der Waals surface area contributed by atoms with E-state index in [1.807, 2.05) is 0 Å². The van der Waals surface area contributed by atoms with Gasteiger partial charge in [0.1, 0.15) is 0 Å². The molecule has 0 heterocycles. The Balaban J connectivity index is 1.82. The van der Waals surface area contributed by atoms with Gasteiger partial charge < -0.3 is 15.1 Å². The van der Waals surface area contributed by atoms with Crippen molar-refractivity contribution in [2.75, 3.05) is 20.6 Å². The van der Waals surface area contributed by atoms with Crippen LogP contribution < -0.4 is 0 Å². The second-order valence-corrected chi connectivity index (χ2v) is 10.0. The molecule has 3 heteroatoms. The molecule has 0 bridgehead atoms. The molecule has 2 N–H and O–H groups in total. The van der Waals surface area contributed by atoms with E-state index in [-0.39, 0.29) is 23.0 Å². The molecular formula is C23H39NO2. The topological polar surface area (TPSA) is 43.7 Å². The maximum Gasteiger partial charge on any atom is 0.0610 e. The minimum atomic E-state index is -0.238. The van der Waals surface area contributed by atoms with Gasteiger partial charge in [0.15, 0.2) is 0 Å². The molecule has 0 spiro atoms. The standard InChI is InChI=1S/C23H39NO2/c1-16-8-9-19-21(26)20(11-13-22(16,19)2)23(3)12-10-18(25)15-17(23)7-6-14-24(4)5/h6-7,17-21,25-26H,1,8-15H2,2-5H3/b7-6-/t17-,18-,19?,20?,21?,22+,23-/m0/s1. The van der Waals surface area contributed by atoms with E-state index in [2.05, 4.69) is 51.6 Å². The van der Waals surface area contributed by atoms with E-state index in [0.29, 0.717) is 17.8 Å². The third-order valence-electron chi connectivity index (χ3n) is 8.26. The quantitative estimate of drug-likeness (QED) is 0.744. The summed E-state index contributed by atoms with van der Waals surface area (Å²) < 4.78 is 0. The molecule has 3 nitrogen and oxygen atoms in total. The summed E-state index contributed by atoms with van der Waals surface area (Å²) in [4.78, 5) is 2.16. The monoisotopic (exact) mass is 361 g/mol. The van der Waals surface area contributed by atoms with E-state index in [9.17, 15) is 10.2 Å². The van der Waals surface area contributed by atoms with Crippen LogP contribution in [0.5, 0.6) is 0 Å². The lowest BCUT2D eigenvalue weighted by molar-refractivity contribution is -0.110. The number of aliphatic hydroxyl groups excluding tert-OH is 2. The van der Waals surface area contributed by atoms with Crippen molar-refractivity contribution in [3.05, 3.63) is 24.3 Å². The SMILES string of the molecule is C=C1CCC2C(O)C([C@@]3(C)CC[C@H](O)C[C@@H]3/C=C\CN(C)C)CC[C@]12C. The van der Waals surface area contributed by atoms with E-state index >= 15 is 0 Å². The van der Waals surface area contributed by atoms with Gasteiger partial charge in [0, 0.05) is 6.54 Å². The molecule has 0 amide bonds. The summed E-state index contributed by atoms with van der Waals surface area (Å²) in [6.07, 6.45) is 11.3. The van der Waals surface area contributed by atoms with Crippen molar-refractivity contribution >= 4 is 0 Å². The second kappa shape index (κ2) is 7.41. The van der Waals surface area contributed by atoms with Crippen LogP contribution in [-0.4, -0.2) is 48.0 Å². The normalized spacial score (nSPS) is 46.9. The van der Waals surface area contributed by atoms with Gasteiger partial charge in [-0.05, 0) is 87.6 Å². The number of allylic oxidation sites excluding steroid dienone is 2. The van der Waals surface area contributed by atoms with Gasteiger partial charge in [-0.15, -0.1) is 0 Å². The van der Waals surface area contributed by atoms with Crippen LogP contribution in [0.3, 0.4) is 0 Å². The van der Waals surface area contributed by atoms with Gasteiger partial charge in [-0.2, -0.15) is 0 Å². The number of likely N-dealkylation sites (N-methyl/N-ethyl adjacent to an activating group) is 1. The van der Waals surface area contributed by atoms with Gasteiger partial charge in [0.25, 0.3) is 0 Å². The fraction of sp³-hybridized carbons (Fsp3) is 0.826. The molecule has 3 aliphatic carbocycles. The van der Waals surface area contributed by atoms with Crippen LogP contribution in [0.25, 0.3) is 0 Å². The van der Waals surface area contributed by atoms with E-state index < -0.39 is 0 Å². The van der Waals surface area contributed by atoms with Crippen molar-refractivity contribution in [1.29, 1.82) is 0 Å². The van der Waals surface area contributed by atoms with Crippen LogP contribution in [0.4, 0.5) is 0 Å². The van der Waals surface area contributed by atoms with Crippen LogP contribution in [0, 0.1) is 28.6 Å². The lowest BCUT2D eigenvalue weighted by Crippen LogP contribution is -2.52. The molecule has 3 unspecified atom stereocenters. The van der Waals surface area contributed by atoms with Gasteiger partial charge in [-0.1, -0.05) is 38.2 Å². The zero-order chi connectivity index (χ0) is 19.1. The molecule has 148 valence electrons. The van der Waals surface area contributed by atoms with Crippen molar-refractivity contribution in [3.8, 4) is 0 Å². The Morgan fingerprint density at radius 3 is 2.54 bits per heavy atom. The second-order valence-electron chi connectivity index (χ2n) is 10.0. The highest BCUT2D eigenvalue weighted by Crippen LogP contribution is 2.61. The van der Waals surface area contributed by atoms with Crippen molar-refractivity contribution in [1.82, 2.24) is 4.90 Å². The first-order valence-corrected chi connectivity index (χ1v) is 10.5. The van der Waals surface area contributed by atoms with Crippen LogP contribution in [0.2, 0.25) is 0 Å². The Morgan fingerprint density at radius 2 is 1.85 bits per heavy atom. The summed E-state index contributed by atoms with van der Waals surface area (Å²) in [6, 6.07) is 0. The van der Waals surface area contributed by atoms with Gasteiger partial charge in [0.05, 0.1) is 12.2 Å². The number of fused-ring (bicyclic) bond motifs is 1. The molecule has 3 aliphatic rings. The first kappa shape index (κ1) is 20.1. The molecule has 0 radical (unpaired) electrons. The molecule has 3 saturated carbocycles. The zero-order valence-corrected chi connectivity index (χ0v) is 17.2. The van der Waals surface area contributed by atoms with E-state index in [1.165, 1.54) is 5.57 Å². The fourth-order valence-electron chi connectivity index (χ4n) is 6.27. The Morgan fingerprint density at radius 1 is 1.12 bits per heavy atom. The van der Waals surface area contributed by atoms with E-state index in [0.717, 1.165) is 51.5 Å². The van der Waals surface area contributed by atoms with Gasteiger partial charge in [-0.3, -0.25) is 0 Å². The molecular weight excluding hydrogens is 322 g/mol. The Bertz CT molecular complexity index is 556. The smallest absolute Gasteiger partial charge is 0.0610 e. The zero-order valence-electron chi connectivity index (χ0n) is 17.2. The van der Waals surface area contributed by atoms with E-state index in [4.69, 9.17) is 0 Å². The molecule has 26 heavy (non-hydrogen) atoms. The first-order chi connectivity index (χ1) is 12.2. The van der Waals surface area contributed by atoms with E-state index in [1.54, 1.807) is 0 Å². The molecule has 3 rings (SSSR count). The number of aliphatic hydroxyl groups is 2. The maximum atomic E-state index is 11.4. The third-order valence-corrected chi connectivity index (χ3v) is 8.26. The van der Waals surface area contributed by atoms with Crippen molar-refractivity contribution in [2.24, 2.45) is 28.6 Å². The number of nitrogens with zero attached hydrogens (tertiary/aromatic N) is 1. The Hall–Kier alpha value is -0.640. The molecule has 7 atom stereocenters.